The fourth-order valence-corrected chi connectivity index (χ4v) is 4.67. The molecule has 4 fully saturated rings. The summed E-state index contributed by atoms with van der Waals surface area (Å²) in [6.07, 6.45) is 7.63. The van der Waals surface area contributed by atoms with Crippen molar-refractivity contribution in [1.82, 2.24) is 5.01 Å². The van der Waals surface area contributed by atoms with Crippen LogP contribution < -0.4 is 5.84 Å². The van der Waals surface area contributed by atoms with Crippen LogP contribution in [-0.2, 0) is 0 Å². The van der Waals surface area contributed by atoms with Gasteiger partial charge >= 0.3 is 0 Å². The third kappa shape index (κ3) is 2.04. The van der Waals surface area contributed by atoms with E-state index in [9.17, 15) is 0 Å². The Balaban J connectivity index is 0.000000853. The summed E-state index contributed by atoms with van der Waals surface area (Å²) >= 11 is 0. The first-order valence-electron chi connectivity index (χ1n) is 6.18. The molecule has 0 unspecified atom stereocenters. The summed E-state index contributed by atoms with van der Waals surface area (Å²) in [5, 5.41) is 1.91. The van der Waals surface area contributed by atoms with Crippen LogP contribution in [0.3, 0.4) is 0 Å². The van der Waals surface area contributed by atoms with E-state index in [1.807, 2.05) is 12.1 Å². The molecule has 4 rings (SSSR count). The Kier molecular flexibility index (Phi) is 3.30. The molecule has 0 aromatic rings. The molecule has 0 saturated heterocycles. The zero-order chi connectivity index (χ0) is 9.71. The second kappa shape index (κ2) is 4.23. The highest BCUT2D eigenvalue weighted by Gasteiger charge is 2.47. The molecule has 88 valence electrons. The molecule has 0 aromatic carbocycles. The van der Waals surface area contributed by atoms with Gasteiger partial charge in [-0.1, -0.05) is 0 Å². The van der Waals surface area contributed by atoms with Crippen molar-refractivity contribution in [2.24, 2.45) is 35.4 Å². The van der Waals surface area contributed by atoms with Crippen molar-refractivity contribution in [1.29, 1.82) is 0 Å². The fourth-order valence-electron chi connectivity index (χ4n) is 4.67. The second-order valence-electron chi connectivity index (χ2n) is 6.03. The van der Waals surface area contributed by atoms with Crippen LogP contribution in [0.25, 0.3) is 0 Å². The van der Waals surface area contributed by atoms with Crippen molar-refractivity contribution in [3.63, 3.8) is 0 Å². The molecule has 2 N–H and O–H groups in total. The van der Waals surface area contributed by atoms with E-state index in [4.69, 9.17) is 5.84 Å². The highest BCUT2D eigenvalue weighted by Crippen LogP contribution is 2.56. The molecular formula is C12H23ClN2. The number of hydrazine groups is 1. The molecule has 0 spiro atoms. The van der Waals surface area contributed by atoms with Crippen LogP contribution in [-0.4, -0.2) is 18.6 Å². The Morgan fingerprint density at radius 3 is 1.87 bits per heavy atom. The molecule has 3 heteroatoms. The minimum atomic E-state index is 0. The SMILES string of the molecule is CN(N)CC1C2CC3CC(C2)CC1C3.Cl. The Hall–Kier alpha value is 0.210. The van der Waals surface area contributed by atoms with Crippen LogP contribution in [0.2, 0.25) is 0 Å². The first kappa shape index (κ1) is 11.7. The smallest absolute Gasteiger partial charge is 0.0159 e. The van der Waals surface area contributed by atoms with E-state index in [-0.39, 0.29) is 12.4 Å². The Labute approximate surface area is 99.0 Å². The van der Waals surface area contributed by atoms with Gasteiger partial charge in [-0.25, -0.2) is 5.01 Å². The Morgan fingerprint density at radius 2 is 1.47 bits per heavy atom. The lowest BCUT2D eigenvalue weighted by Crippen LogP contribution is -2.49. The predicted octanol–water partition coefficient (Wildman–Crippen LogP) is 2.29. The van der Waals surface area contributed by atoms with Gasteiger partial charge in [0.15, 0.2) is 0 Å². The molecule has 0 aromatic heterocycles. The Bertz CT molecular complexity index is 202. The third-order valence-corrected chi connectivity index (χ3v) is 4.92. The van der Waals surface area contributed by atoms with Gasteiger partial charge in [-0.2, -0.15) is 0 Å². The normalized spacial score (nSPS) is 47.0. The molecule has 0 aliphatic heterocycles. The highest BCUT2D eigenvalue weighted by atomic mass is 35.5. The van der Waals surface area contributed by atoms with Crippen LogP contribution in [0.4, 0.5) is 0 Å². The van der Waals surface area contributed by atoms with Gasteiger partial charge in [0, 0.05) is 13.6 Å². The number of hydrogen-bond donors (Lipinski definition) is 1. The Morgan fingerprint density at radius 1 is 1.00 bits per heavy atom. The number of nitrogens with zero attached hydrogens (tertiary/aromatic N) is 1. The monoisotopic (exact) mass is 230 g/mol. The third-order valence-electron chi connectivity index (χ3n) is 4.92. The summed E-state index contributed by atoms with van der Waals surface area (Å²) in [6.45, 7) is 1.13. The maximum atomic E-state index is 5.81. The van der Waals surface area contributed by atoms with E-state index >= 15 is 0 Å². The average molecular weight is 231 g/mol. The van der Waals surface area contributed by atoms with Crippen LogP contribution >= 0.6 is 12.4 Å². The molecule has 15 heavy (non-hydrogen) atoms. The first-order valence-corrected chi connectivity index (χ1v) is 6.18. The molecule has 0 amide bonds. The molecule has 4 aliphatic carbocycles. The second-order valence-corrected chi connectivity index (χ2v) is 6.03. The summed E-state index contributed by atoms with van der Waals surface area (Å²) in [7, 11) is 2.02. The quantitative estimate of drug-likeness (QED) is 0.583. The van der Waals surface area contributed by atoms with E-state index in [0.717, 1.165) is 36.1 Å². The van der Waals surface area contributed by atoms with Gasteiger partial charge < -0.3 is 0 Å². The van der Waals surface area contributed by atoms with Crippen molar-refractivity contribution in [2.75, 3.05) is 13.6 Å². The van der Waals surface area contributed by atoms with Gasteiger partial charge in [0.25, 0.3) is 0 Å². The van der Waals surface area contributed by atoms with Gasteiger partial charge in [0.05, 0.1) is 0 Å². The minimum Gasteiger partial charge on any atom is -0.269 e. The van der Waals surface area contributed by atoms with Gasteiger partial charge in [0.1, 0.15) is 0 Å². The van der Waals surface area contributed by atoms with Crippen LogP contribution in [0.5, 0.6) is 0 Å². The predicted molar refractivity (Wildman–Crippen MR) is 64.6 cm³/mol. The minimum absolute atomic E-state index is 0. The van der Waals surface area contributed by atoms with Crippen molar-refractivity contribution < 1.29 is 0 Å². The number of hydrogen-bond acceptors (Lipinski definition) is 2. The summed E-state index contributed by atoms with van der Waals surface area (Å²) in [5.41, 5.74) is 0. The van der Waals surface area contributed by atoms with Gasteiger partial charge in [0.2, 0.25) is 0 Å². The maximum absolute atomic E-state index is 5.81. The van der Waals surface area contributed by atoms with E-state index in [1.165, 1.54) is 25.7 Å². The van der Waals surface area contributed by atoms with Crippen molar-refractivity contribution in [3.05, 3.63) is 0 Å². The van der Waals surface area contributed by atoms with Gasteiger partial charge in [-0.15, -0.1) is 12.4 Å². The molecule has 0 atom stereocenters. The van der Waals surface area contributed by atoms with Crippen molar-refractivity contribution in [3.8, 4) is 0 Å². The molecule has 4 aliphatic rings. The lowest BCUT2D eigenvalue weighted by molar-refractivity contribution is -0.0467. The molecule has 4 bridgehead atoms. The zero-order valence-electron chi connectivity index (χ0n) is 9.56. The van der Waals surface area contributed by atoms with Crippen LogP contribution in [0.1, 0.15) is 32.1 Å². The first-order chi connectivity index (χ1) is 6.72. The number of halogens is 1. The largest absolute Gasteiger partial charge is 0.269 e. The maximum Gasteiger partial charge on any atom is 0.0159 e. The van der Waals surface area contributed by atoms with Gasteiger partial charge in [-0.3, -0.25) is 5.84 Å². The molecule has 0 radical (unpaired) electrons. The highest BCUT2D eigenvalue weighted by molar-refractivity contribution is 5.85. The summed E-state index contributed by atoms with van der Waals surface area (Å²) in [6, 6.07) is 0. The van der Waals surface area contributed by atoms with E-state index < -0.39 is 0 Å². The van der Waals surface area contributed by atoms with E-state index in [0.29, 0.717) is 0 Å². The topological polar surface area (TPSA) is 29.3 Å². The summed E-state index contributed by atoms with van der Waals surface area (Å²) in [5.74, 6) is 11.0. The van der Waals surface area contributed by atoms with Gasteiger partial charge in [-0.05, 0) is 61.7 Å². The number of rotatable bonds is 2. The number of nitrogens with two attached hydrogens (primary N) is 1. The summed E-state index contributed by atoms with van der Waals surface area (Å²) < 4.78 is 0. The van der Waals surface area contributed by atoms with Crippen molar-refractivity contribution >= 4 is 12.4 Å². The molecule has 0 heterocycles. The lowest BCUT2D eigenvalue weighted by Gasteiger charge is -2.55. The van der Waals surface area contributed by atoms with E-state index in [1.54, 1.807) is 6.42 Å². The fraction of sp³-hybridized carbons (Fsp3) is 1.00. The average Bonchev–Trinajstić information content (AvgIpc) is 2.09. The zero-order valence-corrected chi connectivity index (χ0v) is 10.4. The molecule has 4 saturated carbocycles. The standard InChI is InChI=1S/C12H22N2.ClH/c1-14(13)7-12-10-3-8-2-9(5-10)6-11(12)4-8;/h8-12H,2-7,13H2,1H3;1H. The lowest BCUT2D eigenvalue weighted by atomic mass is 9.52. The molecule has 2 nitrogen and oxygen atoms in total. The van der Waals surface area contributed by atoms with Crippen molar-refractivity contribution in [2.45, 2.75) is 32.1 Å². The summed E-state index contributed by atoms with van der Waals surface area (Å²) in [4.78, 5) is 0. The van der Waals surface area contributed by atoms with E-state index in [2.05, 4.69) is 0 Å². The van der Waals surface area contributed by atoms with Crippen LogP contribution in [0.15, 0.2) is 0 Å². The molecular weight excluding hydrogens is 208 g/mol. The van der Waals surface area contributed by atoms with Crippen LogP contribution in [0, 0.1) is 29.6 Å².